The number of ether oxygens (including phenoxy) is 2. The second kappa shape index (κ2) is 4.61. The highest BCUT2D eigenvalue weighted by Crippen LogP contribution is 2.30. The first-order chi connectivity index (χ1) is 6.22. The van der Waals surface area contributed by atoms with E-state index in [1.165, 1.54) is 7.11 Å². The van der Waals surface area contributed by atoms with Gasteiger partial charge in [-0.05, 0) is 19.3 Å². The SMILES string of the molecule is CCC1CC(C(=O)OC)C(CC)O1. The smallest absolute Gasteiger partial charge is 0.311 e. The Morgan fingerprint density at radius 3 is 2.62 bits per heavy atom. The first-order valence-corrected chi connectivity index (χ1v) is 4.96. The Morgan fingerprint density at radius 2 is 2.15 bits per heavy atom. The first-order valence-electron chi connectivity index (χ1n) is 4.96. The average Bonchev–Trinajstić information content (AvgIpc) is 2.59. The summed E-state index contributed by atoms with van der Waals surface area (Å²) in [6, 6.07) is 0. The topological polar surface area (TPSA) is 35.5 Å². The van der Waals surface area contributed by atoms with Gasteiger partial charge in [-0.1, -0.05) is 13.8 Å². The summed E-state index contributed by atoms with van der Waals surface area (Å²) in [6.45, 7) is 4.12. The molecule has 1 heterocycles. The Kier molecular flexibility index (Phi) is 3.72. The Bertz CT molecular complexity index is 179. The van der Waals surface area contributed by atoms with Crippen molar-refractivity contribution in [3.05, 3.63) is 0 Å². The third kappa shape index (κ3) is 2.21. The molecule has 1 saturated heterocycles. The van der Waals surface area contributed by atoms with Crippen LogP contribution in [0.25, 0.3) is 0 Å². The van der Waals surface area contributed by atoms with Gasteiger partial charge in [-0.15, -0.1) is 0 Å². The van der Waals surface area contributed by atoms with Crippen LogP contribution in [0.5, 0.6) is 0 Å². The lowest BCUT2D eigenvalue weighted by molar-refractivity contribution is -0.147. The molecule has 1 aliphatic rings. The summed E-state index contributed by atoms with van der Waals surface area (Å²) < 4.78 is 10.4. The molecule has 0 radical (unpaired) electrons. The van der Waals surface area contributed by atoms with E-state index in [0.29, 0.717) is 0 Å². The van der Waals surface area contributed by atoms with Crippen LogP contribution in [0.2, 0.25) is 0 Å². The molecule has 0 aliphatic carbocycles. The minimum absolute atomic E-state index is 0.0417. The Hall–Kier alpha value is -0.570. The van der Waals surface area contributed by atoms with Crippen molar-refractivity contribution in [3.8, 4) is 0 Å². The van der Waals surface area contributed by atoms with Crippen LogP contribution in [0, 0.1) is 5.92 Å². The molecular formula is C10H18O3. The van der Waals surface area contributed by atoms with E-state index in [2.05, 4.69) is 6.92 Å². The molecule has 1 fully saturated rings. The minimum Gasteiger partial charge on any atom is -0.469 e. The molecular weight excluding hydrogens is 168 g/mol. The van der Waals surface area contributed by atoms with Crippen LogP contribution in [0.4, 0.5) is 0 Å². The lowest BCUT2D eigenvalue weighted by atomic mass is 9.97. The van der Waals surface area contributed by atoms with E-state index in [1.807, 2.05) is 6.92 Å². The largest absolute Gasteiger partial charge is 0.469 e. The van der Waals surface area contributed by atoms with Crippen molar-refractivity contribution < 1.29 is 14.3 Å². The van der Waals surface area contributed by atoms with Crippen LogP contribution in [0.3, 0.4) is 0 Å². The Balaban J connectivity index is 2.57. The molecule has 0 aromatic carbocycles. The number of methoxy groups -OCH3 is 1. The summed E-state index contributed by atoms with van der Waals surface area (Å²) in [4.78, 5) is 11.3. The molecule has 3 unspecified atom stereocenters. The average molecular weight is 186 g/mol. The summed E-state index contributed by atoms with van der Waals surface area (Å²) in [5, 5.41) is 0. The lowest BCUT2D eigenvalue weighted by Gasteiger charge is -2.13. The molecule has 3 atom stereocenters. The monoisotopic (exact) mass is 186 g/mol. The minimum atomic E-state index is -0.122. The lowest BCUT2D eigenvalue weighted by Crippen LogP contribution is -2.24. The maximum Gasteiger partial charge on any atom is 0.311 e. The highest BCUT2D eigenvalue weighted by atomic mass is 16.5. The van der Waals surface area contributed by atoms with Gasteiger partial charge in [0.1, 0.15) is 0 Å². The molecule has 76 valence electrons. The van der Waals surface area contributed by atoms with E-state index in [1.54, 1.807) is 0 Å². The van der Waals surface area contributed by atoms with E-state index in [4.69, 9.17) is 9.47 Å². The molecule has 0 saturated carbocycles. The van der Waals surface area contributed by atoms with Crippen LogP contribution < -0.4 is 0 Å². The number of rotatable bonds is 3. The summed E-state index contributed by atoms with van der Waals surface area (Å²) >= 11 is 0. The van der Waals surface area contributed by atoms with Crippen LogP contribution in [0.15, 0.2) is 0 Å². The highest BCUT2D eigenvalue weighted by Gasteiger charge is 2.38. The third-order valence-electron chi connectivity index (χ3n) is 2.69. The predicted octanol–water partition coefficient (Wildman–Crippen LogP) is 1.75. The second-order valence-corrected chi connectivity index (χ2v) is 3.48. The third-order valence-corrected chi connectivity index (χ3v) is 2.69. The zero-order chi connectivity index (χ0) is 9.84. The zero-order valence-corrected chi connectivity index (χ0v) is 8.58. The molecule has 0 aromatic heterocycles. The maximum atomic E-state index is 11.3. The molecule has 0 N–H and O–H groups in total. The van der Waals surface area contributed by atoms with E-state index in [0.717, 1.165) is 19.3 Å². The molecule has 1 rings (SSSR count). The maximum absolute atomic E-state index is 11.3. The van der Waals surface area contributed by atoms with Crippen LogP contribution >= 0.6 is 0 Å². The zero-order valence-electron chi connectivity index (χ0n) is 8.58. The highest BCUT2D eigenvalue weighted by molar-refractivity contribution is 5.73. The number of hydrogen-bond donors (Lipinski definition) is 0. The molecule has 0 amide bonds. The fourth-order valence-electron chi connectivity index (χ4n) is 1.88. The summed E-state index contributed by atoms with van der Waals surface area (Å²) in [5.41, 5.74) is 0. The standard InChI is InChI=1S/C10H18O3/c1-4-7-6-8(10(11)12-3)9(5-2)13-7/h7-9H,4-6H2,1-3H3. The summed E-state index contributed by atoms with van der Waals surface area (Å²) in [6.07, 6.45) is 2.99. The van der Waals surface area contributed by atoms with E-state index in [-0.39, 0.29) is 24.1 Å². The van der Waals surface area contributed by atoms with Gasteiger partial charge >= 0.3 is 5.97 Å². The van der Waals surface area contributed by atoms with Gasteiger partial charge in [-0.3, -0.25) is 4.79 Å². The van der Waals surface area contributed by atoms with Gasteiger partial charge < -0.3 is 9.47 Å². The number of hydrogen-bond acceptors (Lipinski definition) is 3. The summed E-state index contributed by atoms with van der Waals surface area (Å²) in [5.74, 6) is -0.164. The number of esters is 1. The fourth-order valence-corrected chi connectivity index (χ4v) is 1.88. The van der Waals surface area contributed by atoms with E-state index >= 15 is 0 Å². The molecule has 1 aliphatic heterocycles. The fraction of sp³-hybridized carbons (Fsp3) is 0.900. The van der Waals surface area contributed by atoms with Gasteiger partial charge in [-0.25, -0.2) is 0 Å². The normalized spacial score (nSPS) is 33.3. The molecule has 0 aromatic rings. The van der Waals surface area contributed by atoms with Gasteiger partial charge in [0.15, 0.2) is 0 Å². The van der Waals surface area contributed by atoms with Gasteiger partial charge in [0.2, 0.25) is 0 Å². The quantitative estimate of drug-likeness (QED) is 0.630. The molecule has 3 nitrogen and oxygen atoms in total. The van der Waals surface area contributed by atoms with Gasteiger partial charge in [0, 0.05) is 0 Å². The second-order valence-electron chi connectivity index (χ2n) is 3.48. The summed E-state index contributed by atoms with van der Waals surface area (Å²) in [7, 11) is 1.44. The number of carbonyl (C=O) groups is 1. The van der Waals surface area contributed by atoms with Crippen molar-refractivity contribution in [3.63, 3.8) is 0 Å². The van der Waals surface area contributed by atoms with Crippen molar-refractivity contribution in [1.82, 2.24) is 0 Å². The van der Waals surface area contributed by atoms with Crippen LogP contribution in [0.1, 0.15) is 33.1 Å². The Labute approximate surface area is 79.4 Å². The molecule has 13 heavy (non-hydrogen) atoms. The van der Waals surface area contributed by atoms with Crippen molar-refractivity contribution in [2.75, 3.05) is 7.11 Å². The molecule has 0 bridgehead atoms. The van der Waals surface area contributed by atoms with Crippen molar-refractivity contribution >= 4 is 5.97 Å². The van der Waals surface area contributed by atoms with Gasteiger partial charge in [0.25, 0.3) is 0 Å². The van der Waals surface area contributed by atoms with Gasteiger partial charge in [0.05, 0.1) is 25.2 Å². The van der Waals surface area contributed by atoms with Crippen molar-refractivity contribution in [2.45, 2.75) is 45.3 Å². The number of carbonyl (C=O) groups excluding carboxylic acids is 1. The Morgan fingerprint density at radius 1 is 1.46 bits per heavy atom. The van der Waals surface area contributed by atoms with E-state index in [9.17, 15) is 4.79 Å². The van der Waals surface area contributed by atoms with Crippen LogP contribution in [-0.2, 0) is 14.3 Å². The van der Waals surface area contributed by atoms with Crippen LogP contribution in [-0.4, -0.2) is 25.3 Å². The molecule has 3 heteroatoms. The predicted molar refractivity (Wildman–Crippen MR) is 49.4 cm³/mol. The van der Waals surface area contributed by atoms with Crippen molar-refractivity contribution in [1.29, 1.82) is 0 Å². The molecule has 0 spiro atoms. The van der Waals surface area contributed by atoms with Gasteiger partial charge in [-0.2, -0.15) is 0 Å². The van der Waals surface area contributed by atoms with Crippen molar-refractivity contribution in [2.24, 2.45) is 5.92 Å². The first kappa shape index (κ1) is 10.5. The van der Waals surface area contributed by atoms with E-state index < -0.39 is 0 Å².